The van der Waals surface area contributed by atoms with Crippen molar-refractivity contribution < 1.29 is 9.13 Å². The average molecular weight is 243 g/mol. The van der Waals surface area contributed by atoms with Crippen LogP contribution in [0.4, 0.5) is 4.39 Å². The second kappa shape index (κ2) is 4.29. The van der Waals surface area contributed by atoms with Gasteiger partial charge in [-0.25, -0.2) is 9.37 Å². The number of imidazole rings is 1. The molecule has 0 radical (unpaired) electrons. The topological polar surface area (TPSA) is 27.1 Å². The molecular weight excluding hydrogens is 231 g/mol. The maximum Gasteiger partial charge on any atom is 0.167 e. The Kier molecular flexibility index (Phi) is 3.01. The van der Waals surface area contributed by atoms with Crippen molar-refractivity contribution in [1.29, 1.82) is 0 Å². The minimum Gasteiger partial charge on any atom is -0.494 e. The molecular formula is C11H12ClFN2O. The molecule has 0 aliphatic rings. The minimum atomic E-state index is -0.398. The average Bonchev–Trinajstić information content (AvgIpc) is 2.55. The number of alkyl halides is 1. The highest BCUT2D eigenvalue weighted by Gasteiger charge is 2.11. The van der Waals surface area contributed by atoms with Gasteiger partial charge in [0, 0.05) is 31.5 Å². The molecule has 2 rings (SSSR count). The first kappa shape index (κ1) is 11.2. The molecule has 2 aromatic rings. The molecule has 5 heteroatoms. The molecule has 0 amide bonds. The van der Waals surface area contributed by atoms with Gasteiger partial charge < -0.3 is 9.30 Å². The first-order valence-corrected chi connectivity index (χ1v) is 5.45. The summed E-state index contributed by atoms with van der Waals surface area (Å²) in [6.45, 7) is 0. The van der Waals surface area contributed by atoms with Gasteiger partial charge in [-0.15, -0.1) is 11.6 Å². The van der Waals surface area contributed by atoms with Gasteiger partial charge in [-0.05, 0) is 0 Å². The lowest BCUT2D eigenvalue weighted by atomic mass is 10.3. The van der Waals surface area contributed by atoms with E-state index in [-0.39, 0.29) is 5.75 Å². The molecule has 0 fully saturated rings. The van der Waals surface area contributed by atoms with Gasteiger partial charge >= 0.3 is 0 Å². The van der Waals surface area contributed by atoms with Crippen molar-refractivity contribution in [2.24, 2.45) is 7.05 Å². The molecule has 0 unspecified atom stereocenters. The zero-order chi connectivity index (χ0) is 11.7. The standard InChI is InChI=1S/C11H12ClFN2O/c1-15-9-6-10(16-2)7(13)5-8(9)14-11(15)3-4-12/h5-6H,3-4H2,1-2H3. The van der Waals surface area contributed by atoms with Gasteiger partial charge in [-0.1, -0.05) is 0 Å². The maximum atomic E-state index is 13.4. The van der Waals surface area contributed by atoms with E-state index in [4.69, 9.17) is 16.3 Å². The minimum absolute atomic E-state index is 0.230. The van der Waals surface area contributed by atoms with Gasteiger partial charge in [0.25, 0.3) is 0 Å². The summed E-state index contributed by atoms with van der Waals surface area (Å²) >= 11 is 5.67. The molecule has 0 atom stereocenters. The van der Waals surface area contributed by atoms with Crippen LogP contribution in [0.2, 0.25) is 0 Å². The summed E-state index contributed by atoms with van der Waals surface area (Å²) < 4.78 is 20.3. The van der Waals surface area contributed by atoms with Crippen molar-refractivity contribution in [3.05, 3.63) is 23.8 Å². The van der Waals surface area contributed by atoms with Gasteiger partial charge in [0.1, 0.15) is 5.82 Å². The predicted octanol–water partition coefficient (Wildman–Crippen LogP) is 2.50. The summed E-state index contributed by atoms with van der Waals surface area (Å²) in [6.07, 6.45) is 0.663. The van der Waals surface area contributed by atoms with E-state index in [1.807, 2.05) is 11.6 Å². The third-order valence-electron chi connectivity index (χ3n) is 2.57. The summed E-state index contributed by atoms with van der Waals surface area (Å²) in [5.74, 6) is 1.17. The van der Waals surface area contributed by atoms with E-state index < -0.39 is 5.82 Å². The lowest BCUT2D eigenvalue weighted by Gasteiger charge is -2.03. The van der Waals surface area contributed by atoms with Crippen molar-refractivity contribution in [2.45, 2.75) is 6.42 Å². The second-order valence-electron chi connectivity index (χ2n) is 3.50. The fraction of sp³-hybridized carbons (Fsp3) is 0.364. The van der Waals surface area contributed by atoms with Crippen molar-refractivity contribution in [3.63, 3.8) is 0 Å². The molecule has 1 aromatic heterocycles. The van der Waals surface area contributed by atoms with Crippen LogP contribution in [0.25, 0.3) is 11.0 Å². The zero-order valence-electron chi connectivity index (χ0n) is 9.13. The third kappa shape index (κ3) is 1.73. The monoisotopic (exact) mass is 242 g/mol. The van der Waals surface area contributed by atoms with Crippen LogP contribution in [0.3, 0.4) is 0 Å². The zero-order valence-corrected chi connectivity index (χ0v) is 9.88. The summed E-state index contributed by atoms with van der Waals surface area (Å²) in [4.78, 5) is 4.32. The van der Waals surface area contributed by atoms with Gasteiger partial charge in [-0.2, -0.15) is 0 Å². The molecule has 0 spiro atoms. The largest absolute Gasteiger partial charge is 0.494 e. The van der Waals surface area contributed by atoms with E-state index in [1.165, 1.54) is 13.2 Å². The van der Waals surface area contributed by atoms with Crippen molar-refractivity contribution in [2.75, 3.05) is 13.0 Å². The molecule has 3 nitrogen and oxygen atoms in total. The molecule has 0 bridgehead atoms. The van der Waals surface area contributed by atoms with Crippen LogP contribution < -0.4 is 4.74 Å². The van der Waals surface area contributed by atoms with E-state index in [9.17, 15) is 4.39 Å². The normalized spacial score (nSPS) is 11.0. The number of ether oxygens (including phenoxy) is 1. The highest BCUT2D eigenvalue weighted by Crippen LogP contribution is 2.24. The van der Waals surface area contributed by atoms with Crippen LogP contribution in [-0.4, -0.2) is 22.5 Å². The van der Waals surface area contributed by atoms with E-state index in [2.05, 4.69) is 4.98 Å². The fourth-order valence-electron chi connectivity index (χ4n) is 1.71. The van der Waals surface area contributed by atoms with Crippen molar-refractivity contribution in [3.8, 4) is 5.75 Å². The Morgan fingerprint density at radius 3 is 2.88 bits per heavy atom. The lowest BCUT2D eigenvalue weighted by molar-refractivity contribution is 0.387. The van der Waals surface area contributed by atoms with E-state index >= 15 is 0 Å². The summed E-state index contributed by atoms with van der Waals surface area (Å²) in [6, 6.07) is 3.03. The number of fused-ring (bicyclic) bond motifs is 1. The van der Waals surface area contributed by atoms with Crippen LogP contribution in [0.5, 0.6) is 5.75 Å². The molecule has 16 heavy (non-hydrogen) atoms. The Balaban J connectivity index is 2.63. The van der Waals surface area contributed by atoms with Crippen LogP contribution in [0, 0.1) is 5.82 Å². The number of benzene rings is 1. The molecule has 0 aliphatic carbocycles. The number of hydrogen-bond donors (Lipinski definition) is 0. The number of rotatable bonds is 3. The summed E-state index contributed by atoms with van der Waals surface area (Å²) in [5.41, 5.74) is 1.47. The van der Waals surface area contributed by atoms with Crippen molar-refractivity contribution >= 4 is 22.6 Å². The smallest absolute Gasteiger partial charge is 0.167 e. The van der Waals surface area contributed by atoms with Crippen LogP contribution in [-0.2, 0) is 13.5 Å². The Hall–Kier alpha value is -1.29. The van der Waals surface area contributed by atoms with Crippen LogP contribution in [0.15, 0.2) is 12.1 Å². The lowest BCUT2D eigenvalue weighted by Crippen LogP contribution is -1.98. The van der Waals surface area contributed by atoms with Gasteiger partial charge in [0.05, 0.1) is 18.1 Å². The molecule has 0 aliphatic heterocycles. The number of nitrogens with zero attached hydrogens (tertiary/aromatic N) is 2. The summed E-state index contributed by atoms with van der Waals surface area (Å²) in [7, 11) is 3.33. The van der Waals surface area contributed by atoms with Gasteiger partial charge in [-0.3, -0.25) is 0 Å². The second-order valence-corrected chi connectivity index (χ2v) is 3.88. The number of halogens is 2. The number of methoxy groups -OCH3 is 1. The SMILES string of the molecule is COc1cc2c(cc1F)nc(CCCl)n2C. The molecule has 1 heterocycles. The Bertz CT molecular complexity index is 524. The molecule has 1 aromatic carbocycles. The number of aromatic nitrogens is 2. The van der Waals surface area contributed by atoms with Gasteiger partial charge in [0.15, 0.2) is 11.6 Å². The summed E-state index contributed by atoms with van der Waals surface area (Å²) in [5, 5.41) is 0. The molecule has 0 N–H and O–H groups in total. The molecule has 86 valence electrons. The Labute approximate surface area is 97.8 Å². The molecule has 0 saturated heterocycles. The van der Waals surface area contributed by atoms with E-state index in [0.29, 0.717) is 17.8 Å². The van der Waals surface area contributed by atoms with E-state index in [1.54, 1.807) is 6.07 Å². The third-order valence-corrected chi connectivity index (χ3v) is 2.75. The van der Waals surface area contributed by atoms with Crippen molar-refractivity contribution in [1.82, 2.24) is 9.55 Å². The Morgan fingerprint density at radius 2 is 2.25 bits per heavy atom. The Morgan fingerprint density at radius 1 is 1.50 bits per heavy atom. The fourth-order valence-corrected chi connectivity index (χ4v) is 1.88. The van der Waals surface area contributed by atoms with Crippen LogP contribution in [0.1, 0.15) is 5.82 Å². The first-order valence-electron chi connectivity index (χ1n) is 4.92. The predicted molar refractivity (Wildman–Crippen MR) is 61.6 cm³/mol. The number of hydrogen-bond acceptors (Lipinski definition) is 2. The molecule has 0 saturated carbocycles. The number of aryl methyl sites for hydroxylation is 2. The van der Waals surface area contributed by atoms with E-state index in [0.717, 1.165) is 11.3 Å². The first-order chi connectivity index (χ1) is 7.67. The highest BCUT2D eigenvalue weighted by atomic mass is 35.5. The quantitative estimate of drug-likeness (QED) is 0.774. The van der Waals surface area contributed by atoms with Crippen LogP contribution >= 0.6 is 11.6 Å². The van der Waals surface area contributed by atoms with Gasteiger partial charge in [0.2, 0.25) is 0 Å². The highest BCUT2D eigenvalue weighted by molar-refractivity contribution is 6.17. The maximum absolute atomic E-state index is 13.4.